The van der Waals surface area contributed by atoms with Crippen LogP contribution in [0, 0.1) is 12.3 Å². The van der Waals surface area contributed by atoms with E-state index in [-0.39, 0.29) is 5.97 Å². The third-order valence-electron chi connectivity index (χ3n) is 2.52. The highest BCUT2D eigenvalue weighted by molar-refractivity contribution is 5.90. The number of terminal acetylenes is 1. The number of carbonyl (C=O) groups excluding carboxylic acids is 1. The van der Waals surface area contributed by atoms with Crippen molar-refractivity contribution >= 4 is 5.97 Å². The molecule has 5 nitrogen and oxygen atoms in total. The summed E-state index contributed by atoms with van der Waals surface area (Å²) in [5, 5.41) is 7.32. The van der Waals surface area contributed by atoms with Crippen LogP contribution >= 0.6 is 0 Å². The van der Waals surface area contributed by atoms with E-state index in [0.717, 1.165) is 25.1 Å². The minimum absolute atomic E-state index is 0.328. The zero-order chi connectivity index (χ0) is 13.4. The summed E-state index contributed by atoms with van der Waals surface area (Å²) in [5.74, 6) is 2.26. The second-order valence-corrected chi connectivity index (χ2v) is 3.83. The minimum Gasteiger partial charge on any atom is -0.462 e. The van der Waals surface area contributed by atoms with E-state index < -0.39 is 0 Å². The van der Waals surface area contributed by atoms with Gasteiger partial charge in [0.05, 0.1) is 18.5 Å². The fourth-order valence-electron chi connectivity index (χ4n) is 1.57. The number of nitrogens with zero attached hydrogens (tertiary/aromatic N) is 2. The van der Waals surface area contributed by atoms with Crippen molar-refractivity contribution in [1.82, 2.24) is 15.1 Å². The zero-order valence-electron chi connectivity index (χ0n) is 10.9. The molecule has 0 fully saturated rings. The third kappa shape index (κ3) is 3.90. The fourth-order valence-corrected chi connectivity index (χ4v) is 1.57. The monoisotopic (exact) mass is 249 g/mol. The Morgan fingerprint density at radius 1 is 1.67 bits per heavy atom. The van der Waals surface area contributed by atoms with E-state index in [0.29, 0.717) is 18.7 Å². The number of carbonyl (C=O) groups is 1. The summed E-state index contributed by atoms with van der Waals surface area (Å²) >= 11 is 0. The highest BCUT2D eigenvalue weighted by Gasteiger charge is 2.16. The van der Waals surface area contributed by atoms with Crippen LogP contribution in [0.1, 0.15) is 35.8 Å². The number of hydrogen-bond acceptors (Lipinski definition) is 4. The predicted octanol–water partition coefficient (Wildman–Crippen LogP) is 1.10. The standard InChI is InChI=1S/C13H19N3O2/c1-4-6-7-8-14-10-12-11(9-15-16(12)3)13(17)18-5-2/h1,9,14H,5-8,10H2,2-3H3. The summed E-state index contributed by atoms with van der Waals surface area (Å²) in [5.41, 5.74) is 1.35. The molecule has 0 aromatic carbocycles. The molecule has 0 saturated heterocycles. The van der Waals surface area contributed by atoms with Crippen molar-refractivity contribution < 1.29 is 9.53 Å². The molecule has 1 heterocycles. The molecule has 0 atom stereocenters. The van der Waals surface area contributed by atoms with Gasteiger partial charge >= 0.3 is 5.97 Å². The lowest BCUT2D eigenvalue weighted by Gasteiger charge is -2.07. The molecule has 0 aliphatic rings. The van der Waals surface area contributed by atoms with E-state index in [1.54, 1.807) is 18.7 Å². The van der Waals surface area contributed by atoms with E-state index >= 15 is 0 Å². The van der Waals surface area contributed by atoms with Gasteiger partial charge in [-0.3, -0.25) is 4.68 Å². The van der Waals surface area contributed by atoms with Gasteiger partial charge in [0.2, 0.25) is 0 Å². The van der Waals surface area contributed by atoms with Crippen molar-refractivity contribution in [3.63, 3.8) is 0 Å². The van der Waals surface area contributed by atoms with Crippen molar-refractivity contribution in [2.24, 2.45) is 7.05 Å². The first-order chi connectivity index (χ1) is 8.70. The smallest absolute Gasteiger partial charge is 0.341 e. The zero-order valence-corrected chi connectivity index (χ0v) is 10.9. The lowest BCUT2D eigenvalue weighted by atomic mass is 10.2. The molecule has 0 saturated carbocycles. The molecule has 1 aromatic rings. The third-order valence-corrected chi connectivity index (χ3v) is 2.52. The van der Waals surface area contributed by atoms with Crippen LogP contribution in [0.25, 0.3) is 0 Å². The molecule has 0 bridgehead atoms. The van der Waals surface area contributed by atoms with E-state index in [1.807, 2.05) is 0 Å². The molecule has 0 radical (unpaired) electrons. The van der Waals surface area contributed by atoms with E-state index in [4.69, 9.17) is 11.2 Å². The average molecular weight is 249 g/mol. The summed E-state index contributed by atoms with van der Waals surface area (Å²) < 4.78 is 6.66. The minimum atomic E-state index is -0.328. The van der Waals surface area contributed by atoms with Crippen LogP contribution in [0.3, 0.4) is 0 Å². The first kappa shape index (κ1) is 14.3. The first-order valence-corrected chi connectivity index (χ1v) is 6.02. The largest absolute Gasteiger partial charge is 0.462 e. The molecule has 98 valence electrons. The fraction of sp³-hybridized carbons (Fsp3) is 0.538. The number of aromatic nitrogens is 2. The predicted molar refractivity (Wildman–Crippen MR) is 68.9 cm³/mol. The van der Waals surface area contributed by atoms with E-state index in [1.165, 1.54) is 6.20 Å². The average Bonchev–Trinajstić information content (AvgIpc) is 2.71. The molecule has 1 rings (SSSR count). The molecule has 0 unspecified atom stereocenters. The number of hydrogen-bond donors (Lipinski definition) is 1. The van der Waals surface area contributed by atoms with Crippen LogP contribution in [-0.4, -0.2) is 28.9 Å². The van der Waals surface area contributed by atoms with Crippen LogP contribution in [-0.2, 0) is 18.3 Å². The van der Waals surface area contributed by atoms with Crippen LogP contribution < -0.4 is 5.32 Å². The van der Waals surface area contributed by atoms with Gasteiger partial charge < -0.3 is 10.1 Å². The van der Waals surface area contributed by atoms with E-state index in [2.05, 4.69) is 16.3 Å². The highest BCUT2D eigenvalue weighted by Crippen LogP contribution is 2.09. The van der Waals surface area contributed by atoms with Crippen molar-refractivity contribution in [2.45, 2.75) is 26.3 Å². The number of unbranched alkanes of at least 4 members (excludes halogenated alkanes) is 1. The van der Waals surface area contributed by atoms with Crippen molar-refractivity contribution in [3.05, 3.63) is 17.5 Å². The van der Waals surface area contributed by atoms with Crippen molar-refractivity contribution in [2.75, 3.05) is 13.2 Å². The SMILES string of the molecule is C#CCCCNCc1c(C(=O)OCC)cnn1C. The number of rotatable bonds is 7. The lowest BCUT2D eigenvalue weighted by molar-refractivity contribution is 0.0524. The summed E-state index contributed by atoms with van der Waals surface area (Å²) in [4.78, 5) is 11.7. The molecule has 1 aromatic heterocycles. The van der Waals surface area contributed by atoms with Gasteiger partial charge in [-0.05, 0) is 19.9 Å². The summed E-state index contributed by atoms with van der Waals surface area (Å²) in [7, 11) is 1.81. The molecular weight excluding hydrogens is 230 g/mol. The Balaban J connectivity index is 2.56. The maximum atomic E-state index is 11.7. The topological polar surface area (TPSA) is 56.1 Å². The quantitative estimate of drug-likeness (QED) is 0.446. The van der Waals surface area contributed by atoms with Gasteiger partial charge in [-0.15, -0.1) is 12.3 Å². The van der Waals surface area contributed by atoms with Gasteiger partial charge in [-0.1, -0.05) is 0 Å². The number of esters is 1. The Hall–Kier alpha value is -1.80. The van der Waals surface area contributed by atoms with Crippen molar-refractivity contribution in [3.8, 4) is 12.3 Å². The first-order valence-electron chi connectivity index (χ1n) is 6.02. The Bertz CT molecular complexity index is 432. The second-order valence-electron chi connectivity index (χ2n) is 3.83. The Morgan fingerprint density at radius 3 is 3.11 bits per heavy atom. The molecule has 5 heteroatoms. The van der Waals surface area contributed by atoms with Gasteiger partial charge in [0.15, 0.2) is 0 Å². The van der Waals surface area contributed by atoms with Crippen LogP contribution in [0.5, 0.6) is 0 Å². The maximum Gasteiger partial charge on any atom is 0.341 e. The van der Waals surface area contributed by atoms with Gasteiger partial charge in [0.25, 0.3) is 0 Å². The van der Waals surface area contributed by atoms with Crippen LogP contribution in [0.4, 0.5) is 0 Å². The molecule has 0 aliphatic carbocycles. The maximum absolute atomic E-state index is 11.7. The van der Waals surface area contributed by atoms with Crippen LogP contribution in [0.15, 0.2) is 6.20 Å². The van der Waals surface area contributed by atoms with Crippen LogP contribution in [0.2, 0.25) is 0 Å². The Kier molecular flexibility index (Phi) is 5.95. The number of ether oxygens (including phenoxy) is 1. The van der Waals surface area contributed by atoms with Gasteiger partial charge in [0.1, 0.15) is 5.56 Å². The molecule has 0 aliphatic heterocycles. The molecule has 0 amide bonds. The summed E-state index contributed by atoms with van der Waals surface area (Å²) in [6, 6.07) is 0. The van der Waals surface area contributed by atoms with Gasteiger partial charge in [-0.2, -0.15) is 5.10 Å². The van der Waals surface area contributed by atoms with E-state index in [9.17, 15) is 4.79 Å². The number of nitrogens with one attached hydrogen (secondary N) is 1. The Morgan fingerprint density at radius 2 is 2.44 bits per heavy atom. The summed E-state index contributed by atoms with van der Waals surface area (Å²) in [6.07, 6.45) is 8.38. The molecule has 0 spiro atoms. The molecular formula is C13H19N3O2. The van der Waals surface area contributed by atoms with Gasteiger partial charge in [-0.25, -0.2) is 4.79 Å². The molecule has 18 heavy (non-hydrogen) atoms. The summed E-state index contributed by atoms with van der Waals surface area (Å²) in [6.45, 7) is 3.54. The second kappa shape index (κ2) is 7.51. The lowest BCUT2D eigenvalue weighted by Crippen LogP contribution is -2.19. The number of aryl methyl sites for hydroxylation is 1. The van der Waals surface area contributed by atoms with Gasteiger partial charge in [0, 0.05) is 20.0 Å². The highest BCUT2D eigenvalue weighted by atomic mass is 16.5. The van der Waals surface area contributed by atoms with Crippen molar-refractivity contribution in [1.29, 1.82) is 0 Å². The Labute approximate surface area is 108 Å². The molecule has 1 N–H and O–H groups in total. The normalized spacial score (nSPS) is 10.1.